The Hall–Kier alpha value is -1.62. The van der Waals surface area contributed by atoms with Gasteiger partial charge in [-0.2, -0.15) is 0 Å². The number of hydrogen-bond donors (Lipinski definition) is 2. The summed E-state index contributed by atoms with van der Waals surface area (Å²) in [6, 6.07) is 5.46. The third kappa shape index (κ3) is 5.31. The third-order valence-electron chi connectivity index (χ3n) is 2.10. The van der Waals surface area contributed by atoms with Gasteiger partial charge in [0.1, 0.15) is 5.69 Å². The molecule has 0 bridgehead atoms. The summed E-state index contributed by atoms with van der Waals surface area (Å²) in [7, 11) is 0. The van der Waals surface area contributed by atoms with Gasteiger partial charge >= 0.3 is 0 Å². The lowest BCUT2D eigenvalue weighted by atomic mass is 10.3. The van der Waals surface area contributed by atoms with Crippen LogP contribution in [-0.4, -0.2) is 30.1 Å². The third-order valence-corrected chi connectivity index (χ3v) is 2.10. The normalized spacial score (nSPS) is 10.5. The van der Waals surface area contributed by atoms with Crippen LogP contribution in [0.4, 0.5) is 0 Å². The molecule has 5 heteroatoms. The Balaban J connectivity index is 2.31. The Bertz CT molecular complexity index is 367. The van der Waals surface area contributed by atoms with E-state index in [2.05, 4.69) is 24.1 Å². The van der Waals surface area contributed by atoms with E-state index in [-0.39, 0.29) is 5.69 Å². The van der Waals surface area contributed by atoms with Crippen molar-refractivity contribution in [3.63, 3.8) is 0 Å². The minimum Gasteiger partial charge on any atom is -0.478 e. The van der Waals surface area contributed by atoms with Gasteiger partial charge in [0, 0.05) is 12.1 Å². The maximum absolute atomic E-state index is 10.9. The molecule has 1 amide bonds. The number of carbonyl (C=O) groups is 1. The van der Waals surface area contributed by atoms with Gasteiger partial charge in [0.05, 0.1) is 6.61 Å². The molecular weight excluding hydrogens is 218 g/mol. The summed E-state index contributed by atoms with van der Waals surface area (Å²) < 4.78 is 5.42. The summed E-state index contributed by atoms with van der Waals surface area (Å²) in [5, 5.41) is 3.29. The fourth-order valence-corrected chi connectivity index (χ4v) is 1.27. The molecule has 0 saturated carbocycles. The van der Waals surface area contributed by atoms with Crippen molar-refractivity contribution in [1.82, 2.24) is 10.3 Å². The zero-order valence-corrected chi connectivity index (χ0v) is 10.3. The summed E-state index contributed by atoms with van der Waals surface area (Å²) in [5.74, 6) is -0.109. The van der Waals surface area contributed by atoms with E-state index >= 15 is 0 Å². The molecule has 17 heavy (non-hydrogen) atoms. The molecule has 5 nitrogen and oxygen atoms in total. The van der Waals surface area contributed by atoms with E-state index in [4.69, 9.17) is 10.5 Å². The molecule has 94 valence electrons. The van der Waals surface area contributed by atoms with Crippen molar-refractivity contribution in [2.45, 2.75) is 26.3 Å². The molecule has 1 aromatic rings. The zero-order chi connectivity index (χ0) is 12.7. The van der Waals surface area contributed by atoms with Gasteiger partial charge in [0.15, 0.2) is 0 Å². The fourth-order valence-electron chi connectivity index (χ4n) is 1.27. The van der Waals surface area contributed by atoms with Gasteiger partial charge in [-0.05, 0) is 19.0 Å². The van der Waals surface area contributed by atoms with E-state index in [9.17, 15) is 4.79 Å². The first-order chi connectivity index (χ1) is 8.09. The molecule has 0 aliphatic carbocycles. The lowest BCUT2D eigenvalue weighted by Gasteiger charge is -2.08. The summed E-state index contributed by atoms with van der Waals surface area (Å²) in [6.07, 6.45) is 0.890. The van der Waals surface area contributed by atoms with Crippen LogP contribution in [0.5, 0.6) is 5.88 Å². The van der Waals surface area contributed by atoms with Gasteiger partial charge in [-0.25, -0.2) is 4.98 Å². The van der Waals surface area contributed by atoms with Crippen LogP contribution in [-0.2, 0) is 0 Å². The van der Waals surface area contributed by atoms with Crippen molar-refractivity contribution in [2.75, 3.05) is 13.2 Å². The number of rotatable bonds is 7. The van der Waals surface area contributed by atoms with Crippen molar-refractivity contribution in [3.05, 3.63) is 23.9 Å². The van der Waals surface area contributed by atoms with E-state index in [0.29, 0.717) is 18.5 Å². The van der Waals surface area contributed by atoms with Gasteiger partial charge in [-0.1, -0.05) is 19.9 Å². The maximum Gasteiger partial charge on any atom is 0.267 e. The summed E-state index contributed by atoms with van der Waals surface area (Å²) in [6.45, 7) is 5.65. The van der Waals surface area contributed by atoms with E-state index in [1.165, 1.54) is 0 Å². The Morgan fingerprint density at radius 3 is 2.94 bits per heavy atom. The maximum atomic E-state index is 10.9. The van der Waals surface area contributed by atoms with Crippen molar-refractivity contribution >= 4 is 5.91 Å². The second kappa shape index (κ2) is 6.85. The molecule has 0 fully saturated rings. The molecule has 3 N–H and O–H groups in total. The first-order valence-corrected chi connectivity index (χ1v) is 5.72. The minimum atomic E-state index is -0.545. The van der Waals surface area contributed by atoms with Gasteiger partial charge in [0.25, 0.3) is 5.91 Å². The number of nitrogens with one attached hydrogen (secondary N) is 1. The number of nitrogens with two attached hydrogens (primary N) is 1. The number of aromatic nitrogens is 1. The average Bonchev–Trinajstić information content (AvgIpc) is 2.28. The fraction of sp³-hybridized carbons (Fsp3) is 0.500. The summed E-state index contributed by atoms with van der Waals surface area (Å²) in [5.41, 5.74) is 5.35. The molecule has 0 saturated heterocycles. The van der Waals surface area contributed by atoms with Crippen LogP contribution in [0.25, 0.3) is 0 Å². The number of amides is 1. The lowest BCUT2D eigenvalue weighted by molar-refractivity contribution is 0.0994. The number of ether oxygens (including phenoxy) is 1. The molecule has 0 aliphatic heterocycles. The van der Waals surface area contributed by atoms with E-state index in [1.54, 1.807) is 18.2 Å². The van der Waals surface area contributed by atoms with E-state index < -0.39 is 5.91 Å². The first kappa shape index (κ1) is 13.4. The zero-order valence-electron chi connectivity index (χ0n) is 10.3. The molecule has 1 aromatic heterocycles. The Kier molecular flexibility index (Phi) is 5.42. The van der Waals surface area contributed by atoms with Crippen LogP contribution < -0.4 is 15.8 Å². The van der Waals surface area contributed by atoms with E-state index in [0.717, 1.165) is 13.0 Å². The number of hydrogen-bond acceptors (Lipinski definition) is 4. The van der Waals surface area contributed by atoms with E-state index in [1.807, 2.05) is 0 Å². The molecule has 0 aliphatic rings. The van der Waals surface area contributed by atoms with Crippen LogP contribution in [0.2, 0.25) is 0 Å². The summed E-state index contributed by atoms with van der Waals surface area (Å²) in [4.78, 5) is 14.9. The van der Waals surface area contributed by atoms with Gasteiger partial charge < -0.3 is 15.8 Å². The Morgan fingerprint density at radius 2 is 2.29 bits per heavy atom. The molecule has 0 aromatic carbocycles. The van der Waals surface area contributed by atoms with Crippen molar-refractivity contribution in [2.24, 2.45) is 5.73 Å². The highest BCUT2D eigenvalue weighted by Crippen LogP contribution is 2.07. The van der Waals surface area contributed by atoms with Gasteiger partial charge in [-0.15, -0.1) is 0 Å². The second-order valence-corrected chi connectivity index (χ2v) is 4.04. The smallest absolute Gasteiger partial charge is 0.267 e. The predicted octanol–water partition coefficient (Wildman–Crippen LogP) is 0.947. The number of pyridine rings is 1. The number of nitrogens with zero attached hydrogens (tertiary/aromatic N) is 1. The minimum absolute atomic E-state index is 0.225. The molecule has 1 rings (SSSR count). The molecule has 0 spiro atoms. The predicted molar refractivity (Wildman–Crippen MR) is 66.0 cm³/mol. The molecular formula is C12H19N3O2. The van der Waals surface area contributed by atoms with Crippen LogP contribution in [0.1, 0.15) is 30.8 Å². The first-order valence-electron chi connectivity index (χ1n) is 5.72. The van der Waals surface area contributed by atoms with Crippen LogP contribution in [0.15, 0.2) is 18.2 Å². The van der Waals surface area contributed by atoms with Crippen molar-refractivity contribution in [1.29, 1.82) is 0 Å². The molecule has 1 heterocycles. The lowest BCUT2D eigenvalue weighted by Crippen LogP contribution is -2.24. The molecule has 0 radical (unpaired) electrons. The largest absolute Gasteiger partial charge is 0.478 e. The SMILES string of the molecule is CC(C)NCCCOc1cccc(C(N)=O)n1. The monoisotopic (exact) mass is 237 g/mol. The van der Waals surface area contributed by atoms with Crippen LogP contribution in [0.3, 0.4) is 0 Å². The van der Waals surface area contributed by atoms with Crippen LogP contribution in [0, 0.1) is 0 Å². The second-order valence-electron chi connectivity index (χ2n) is 4.04. The Morgan fingerprint density at radius 1 is 1.53 bits per heavy atom. The highest BCUT2D eigenvalue weighted by Gasteiger charge is 2.03. The molecule has 0 unspecified atom stereocenters. The average molecular weight is 237 g/mol. The standard InChI is InChI=1S/C12H19N3O2/c1-9(2)14-7-4-8-17-11-6-3-5-10(15-11)12(13)16/h3,5-6,9,14H,4,7-8H2,1-2H3,(H2,13,16). The van der Waals surface area contributed by atoms with Crippen LogP contribution >= 0.6 is 0 Å². The van der Waals surface area contributed by atoms with Gasteiger partial charge in [-0.3, -0.25) is 4.79 Å². The van der Waals surface area contributed by atoms with Crippen molar-refractivity contribution < 1.29 is 9.53 Å². The van der Waals surface area contributed by atoms with Crippen molar-refractivity contribution in [3.8, 4) is 5.88 Å². The topological polar surface area (TPSA) is 77.2 Å². The Labute approximate surface area is 101 Å². The summed E-state index contributed by atoms with van der Waals surface area (Å²) >= 11 is 0. The van der Waals surface area contributed by atoms with Gasteiger partial charge in [0.2, 0.25) is 5.88 Å². The highest BCUT2D eigenvalue weighted by molar-refractivity contribution is 5.90. The number of primary amides is 1. The quantitative estimate of drug-likeness (QED) is 0.692. The highest BCUT2D eigenvalue weighted by atomic mass is 16.5. The number of carbonyl (C=O) groups excluding carboxylic acids is 1. The molecule has 0 atom stereocenters.